The molecule has 1 aromatic heterocycles. The minimum atomic E-state index is -3.58. The molecule has 0 atom stereocenters. The fourth-order valence-electron chi connectivity index (χ4n) is 3.33. The average molecular weight is 341 g/mol. The van der Waals surface area contributed by atoms with Gasteiger partial charge in [-0.25, -0.2) is 13.4 Å². The molecule has 0 fully saturated rings. The quantitative estimate of drug-likeness (QED) is 0.736. The Labute approximate surface area is 141 Å². The van der Waals surface area contributed by atoms with Crippen molar-refractivity contribution >= 4 is 26.7 Å². The Bertz CT molecular complexity index is 1040. The van der Waals surface area contributed by atoms with Crippen LogP contribution in [0.3, 0.4) is 0 Å². The predicted octanol–water partition coefficient (Wildman–Crippen LogP) is 2.89. The van der Waals surface area contributed by atoms with E-state index < -0.39 is 10.0 Å². The van der Waals surface area contributed by atoms with E-state index >= 15 is 0 Å². The maximum Gasteiger partial charge on any atom is 0.264 e. The van der Waals surface area contributed by atoms with Gasteiger partial charge in [0.25, 0.3) is 10.0 Å². The number of fused-ring (bicyclic) bond motifs is 2. The van der Waals surface area contributed by atoms with E-state index in [4.69, 9.17) is 0 Å². The monoisotopic (exact) mass is 341 g/mol. The molecule has 0 amide bonds. The summed E-state index contributed by atoms with van der Waals surface area (Å²) in [5, 5.41) is 0. The van der Waals surface area contributed by atoms with E-state index in [1.165, 1.54) is 9.87 Å². The molecule has 0 spiro atoms. The highest BCUT2D eigenvalue weighted by molar-refractivity contribution is 7.92. The standard InChI is InChI=1S/C18H19N3O2S/c1-20-12-19-17-11-15(7-9-18(17)20)21(2)24(22,23)16-8-6-13-4-3-5-14(13)10-16/h6-12H,3-5H2,1-2H3. The van der Waals surface area contributed by atoms with Crippen LogP contribution in [0, 0.1) is 0 Å². The van der Waals surface area contributed by atoms with Crippen LogP contribution in [0.4, 0.5) is 5.69 Å². The number of rotatable bonds is 3. The molecule has 5 nitrogen and oxygen atoms in total. The van der Waals surface area contributed by atoms with Crippen molar-refractivity contribution in [2.75, 3.05) is 11.4 Å². The van der Waals surface area contributed by atoms with Crippen LogP contribution in [-0.2, 0) is 29.9 Å². The molecule has 6 heteroatoms. The van der Waals surface area contributed by atoms with E-state index in [-0.39, 0.29) is 0 Å². The Morgan fingerprint density at radius 2 is 1.88 bits per heavy atom. The SMILES string of the molecule is CN(c1ccc2c(c1)ncn2C)S(=O)(=O)c1ccc2c(c1)CCC2. The molecule has 0 saturated carbocycles. The van der Waals surface area contributed by atoms with E-state index in [9.17, 15) is 8.42 Å². The van der Waals surface area contributed by atoms with Crippen LogP contribution >= 0.6 is 0 Å². The summed E-state index contributed by atoms with van der Waals surface area (Å²) < 4.78 is 29.2. The van der Waals surface area contributed by atoms with Gasteiger partial charge in [0.2, 0.25) is 0 Å². The molecule has 4 rings (SSSR count). The van der Waals surface area contributed by atoms with Gasteiger partial charge in [-0.2, -0.15) is 0 Å². The molecule has 1 aliphatic rings. The Kier molecular flexibility index (Phi) is 3.38. The first-order chi connectivity index (χ1) is 11.5. The first-order valence-electron chi connectivity index (χ1n) is 7.98. The Hall–Kier alpha value is -2.34. The lowest BCUT2D eigenvalue weighted by Gasteiger charge is -2.20. The number of aryl methyl sites for hydroxylation is 3. The zero-order valence-corrected chi connectivity index (χ0v) is 14.5. The Balaban J connectivity index is 1.74. The molecule has 2 aromatic carbocycles. The molecule has 0 bridgehead atoms. The van der Waals surface area contributed by atoms with Crippen molar-refractivity contribution in [3.8, 4) is 0 Å². The second-order valence-electron chi connectivity index (χ2n) is 6.29. The molecule has 0 aliphatic heterocycles. The highest BCUT2D eigenvalue weighted by Gasteiger charge is 2.23. The van der Waals surface area contributed by atoms with Gasteiger partial charge in [-0.15, -0.1) is 0 Å². The highest BCUT2D eigenvalue weighted by Crippen LogP contribution is 2.29. The van der Waals surface area contributed by atoms with Crippen LogP contribution < -0.4 is 4.31 Å². The number of nitrogens with zero attached hydrogens (tertiary/aromatic N) is 3. The molecule has 0 radical (unpaired) electrons. The lowest BCUT2D eigenvalue weighted by atomic mass is 10.1. The van der Waals surface area contributed by atoms with Gasteiger partial charge in [0.05, 0.1) is 27.9 Å². The molecule has 0 saturated heterocycles. The third-order valence-corrected chi connectivity index (χ3v) is 6.58. The van der Waals surface area contributed by atoms with Gasteiger partial charge in [0.1, 0.15) is 0 Å². The second kappa shape index (κ2) is 5.34. The number of anilines is 1. The fourth-order valence-corrected chi connectivity index (χ4v) is 4.56. The largest absolute Gasteiger partial charge is 0.334 e. The maximum atomic E-state index is 13.0. The van der Waals surface area contributed by atoms with E-state index in [0.29, 0.717) is 10.6 Å². The van der Waals surface area contributed by atoms with Crippen molar-refractivity contribution in [2.45, 2.75) is 24.2 Å². The normalized spacial score (nSPS) is 14.1. The summed E-state index contributed by atoms with van der Waals surface area (Å²) in [6, 6.07) is 11.0. The van der Waals surface area contributed by atoms with Gasteiger partial charge in [-0.1, -0.05) is 6.07 Å². The third-order valence-electron chi connectivity index (χ3n) is 4.80. The minimum absolute atomic E-state index is 0.353. The lowest BCUT2D eigenvalue weighted by Crippen LogP contribution is -2.26. The molecule has 24 heavy (non-hydrogen) atoms. The summed E-state index contributed by atoms with van der Waals surface area (Å²) in [5.74, 6) is 0. The van der Waals surface area contributed by atoms with Gasteiger partial charge in [0, 0.05) is 14.1 Å². The second-order valence-corrected chi connectivity index (χ2v) is 8.25. The van der Waals surface area contributed by atoms with E-state index in [2.05, 4.69) is 4.98 Å². The van der Waals surface area contributed by atoms with Crippen LogP contribution in [0.1, 0.15) is 17.5 Å². The van der Waals surface area contributed by atoms with Gasteiger partial charge >= 0.3 is 0 Å². The Morgan fingerprint density at radius 1 is 1.08 bits per heavy atom. The van der Waals surface area contributed by atoms with E-state index in [0.717, 1.165) is 35.9 Å². The number of imidazole rings is 1. The lowest BCUT2D eigenvalue weighted by molar-refractivity contribution is 0.594. The third kappa shape index (κ3) is 2.29. The van der Waals surface area contributed by atoms with Crippen molar-refractivity contribution < 1.29 is 8.42 Å². The van der Waals surface area contributed by atoms with Gasteiger partial charge in [0.15, 0.2) is 0 Å². The van der Waals surface area contributed by atoms with Crippen LogP contribution in [0.5, 0.6) is 0 Å². The summed E-state index contributed by atoms with van der Waals surface area (Å²) in [6.45, 7) is 0. The molecular weight excluding hydrogens is 322 g/mol. The van der Waals surface area contributed by atoms with Gasteiger partial charge in [-0.05, 0) is 60.7 Å². The van der Waals surface area contributed by atoms with Crippen LogP contribution in [0.2, 0.25) is 0 Å². The summed E-state index contributed by atoms with van der Waals surface area (Å²) >= 11 is 0. The van der Waals surface area contributed by atoms with Crippen LogP contribution in [0.15, 0.2) is 47.6 Å². The summed E-state index contributed by atoms with van der Waals surface area (Å²) in [6.07, 6.45) is 4.83. The predicted molar refractivity (Wildman–Crippen MR) is 94.8 cm³/mol. The van der Waals surface area contributed by atoms with Crippen molar-refractivity contribution in [3.63, 3.8) is 0 Å². The smallest absolute Gasteiger partial charge is 0.264 e. The topological polar surface area (TPSA) is 55.2 Å². The number of aromatic nitrogens is 2. The zero-order valence-electron chi connectivity index (χ0n) is 13.7. The first-order valence-corrected chi connectivity index (χ1v) is 9.42. The Morgan fingerprint density at radius 3 is 2.71 bits per heavy atom. The van der Waals surface area contributed by atoms with Crippen molar-refractivity contribution in [3.05, 3.63) is 53.9 Å². The van der Waals surface area contributed by atoms with Crippen molar-refractivity contribution in [1.82, 2.24) is 9.55 Å². The van der Waals surface area contributed by atoms with Gasteiger partial charge in [-0.3, -0.25) is 4.31 Å². The summed E-state index contributed by atoms with van der Waals surface area (Å²) in [4.78, 5) is 4.66. The molecule has 0 unspecified atom stereocenters. The minimum Gasteiger partial charge on any atom is -0.334 e. The molecule has 124 valence electrons. The molecular formula is C18H19N3O2S. The summed E-state index contributed by atoms with van der Waals surface area (Å²) in [7, 11) is -0.0701. The van der Waals surface area contributed by atoms with Crippen LogP contribution in [0.25, 0.3) is 11.0 Å². The van der Waals surface area contributed by atoms with Crippen LogP contribution in [-0.4, -0.2) is 25.0 Å². The first kappa shape index (κ1) is 15.2. The number of sulfonamides is 1. The van der Waals surface area contributed by atoms with Crippen molar-refractivity contribution in [2.24, 2.45) is 7.05 Å². The average Bonchev–Trinajstić information content (AvgIpc) is 3.19. The van der Waals surface area contributed by atoms with E-state index in [1.807, 2.05) is 35.9 Å². The molecule has 1 heterocycles. The number of hydrogen-bond donors (Lipinski definition) is 0. The van der Waals surface area contributed by atoms with Gasteiger partial charge < -0.3 is 4.57 Å². The molecule has 0 N–H and O–H groups in total. The number of benzene rings is 2. The van der Waals surface area contributed by atoms with Crippen molar-refractivity contribution in [1.29, 1.82) is 0 Å². The summed E-state index contributed by atoms with van der Waals surface area (Å²) in [5.41, 5.74) is 4.80. The molecule has 3 aromatic rings. The maximum absolute atomic E-state index is 13.0. The fraction of sp³-hybridized carbons (Fsp3) is 0.278. The van der Waals surface area contributed by atoms with E-state index in [1.54, 1.807) is 25.5 Å². The highest BCUT2D eigenvalue weighted by atomic mass is 32.2. The zero-order chi connectivity index (χ0) is 16.9. The molecule has 1 aliphatic carbocycles. The number of hydrogen-bond acceptors (Lipinski definition) is 3.